The Morgan fingerprint density at radius 3 is 2.68 bits per heavy atom. The number of nitrogens with two attached hydrogens (primary N) is 1. The molecule has 4 nitrogen and oxygen atoms in total. The molecule has 0 aliphatic carbocycles. The standard InChI is InChI=1S/C12H19ClN2O2S2/c1-8(18-3)4-5-15-19(16,17)12-7-10(13)6-11(14)9(12)2/h6-8,15H,4-5,14H2,1-3H3. The molecule has 0 radical (unpaired) electrons. The summed E-state index contributed by atoms with van der Waals surface area (Å²) in [6.45, 7) is 4.13. The number of hydrogen-bond donors (Lipinski definition) is 2. The molecule has 1 unspecified atom stereocenters. The number of halogens is 1. The van der Waals surface area contributed by atoms with Crippen molar-refractivity contribution in [3.8, 4) is 0 Å². The van der Waals surface area contributed by atoms with E-state index >= 15 is 0 Å². The molecule has 19 heavy (non-hydrogen) atoms. The number of hydrogen-bond acceptors (Lipinski definition) is 4. The lowest BCUT2D eigenvalue weighted by atomic mass is 10.2. The van der Waals surface area contributed by atoms with Crippen LogP contribution in [0.1, 0.15) is 18.9 Å². The fourth-order valence-electron chi connectivity index (χ4n) is 1.55. The highest BCUT2D eigenvalue weighted by Gasteiger charge is 2.18. The summed E-state index contributed by atoms with van der Waals surface area (Å²) in [4.78, 5) is 0.148. The van der Waals surface area contributed by atoms with Crippen molar-refractivity contribution in [3.63, 3.8) is 0 Å². The average molecular weight is 323 g/mol. The van der Waals surface area contributed by atoms with Gasteiger partial charge in [-0.1, -0.05) is 18.5 Å². The third-order valence-electron chi connectivity index (χ3n) is 2.90. The van der Waals surface area contributed by atoms with Gasteiger partial charge >= 0.3 is 0 Å². The van der Waals surface area contributed by atoms with Gasteiger partial charge < -0.3 is 5.73 Å². The van der Waals surface area contributed by atoms with Crippen molar-refractivity contribution in [2.24, 2.45) is 0 Å². The minimum atomic E-state index is -3.56. The van der Waals surface area contributed by atoms with E-state index in [9.17, 15) is 8.42 Å². The van der Waals surface area contributed by atoms with Crippen LogP contribution in [0.3, 0.4) is 0 Å². The van der Waals surface area contributed by atoms with Gasteiger partial charge in [-0.2, -0.15) is 11.8 Å². The Balaban J connectivity index is 2.89. The molecule has 0 fully saturated rings. The predicted molar refractivity (Wildman–Crippen MR) is 83.4 cm³/mol. The van der Waals surface area contributed by atoms with Crippen molar-refractivity contribution in [1.29, 1.82) is 0 Å². The van der Waals surface area contributed by atoms with Gasteiger partial charge in [-0.15, -0.1) is 0 Å². The third-order valence-corrected chi connectivity index (χ3v) is 5.75. The van der Waals surface area contributed by atoms with Gasteiger partial charge in [0.05, 0.1) is 4.90 Å². The highest BCUT2D eigenvalue weighted by Crippen LogP contribution is 2.25. The van der Waals surface area contributed by atoms with Gasteiger partial charge in [-0.3, -0.25) is 0 Å². The Labute approximate surface area is 124 Å². The number of sulfonamides is 1. The molecule has 0 saturated carbocycles. The Hall–Kier alpha value is -0.430. The first-order valence-electron chi connectivity index (χ1n) is 5.86. The molecule has 1 rings (SSSR count). The molecule has 108 valence electrons. The van der Waals surface area contributed by atoms with Gasteiger partial charge in [0.15, 0.2) is 0 Å². The van der Waals surface area contributed by atoms with Gasteiger partial charge in [-0.05, 0) is 37.3 Å². The second kappa shape index (κ2) is 6.83. The summed E-state index contributed by atoms with van der Waals surface area (Å²) in [5, 5.41) is 0.731. The van der Waals surface area contributed by atoms with Crippen LogP contribution in [0.5, 0.6) is 0 Å². The van der Waals surface area contributed by atoms with E-state index in [2.05, 4.69) is 11.6 Å². The third kappa shape index (κ3) is 4.56. The molecular formula is C12H19ClN2O2S2. The zero-order valence-corrected chi connectivity index (χ0v) is 13.6. The van der Waals surface area contributed by atoms with Crippen molar-refractivity contribution < 1.29 is 8.42 Å². The maximum Gasteiger partial charge on any atom is 0.240 e. The summed E-state index contributed by atoms with van der Waals surface area (Å²) < 4.78 is 27.0. The summed E-state index contributed by atoms with van der Waals surface area (Å²) in [7, 11) is -3.56. The minimum Gasteiger partial charge on any atom is -0.398 e. The van der Waals surface area contributed by atoms with E-state index in [4.69, 9.17) is 17.3 Å². The van der Waals surface area contributed by atoms with Crippen LogP contribution in [0.4, 0.5) is 5.69 Å². The molecule has 0 amide bonds. The molecule has 0 aliphatic rings. The minimum absolute atomic E-state index is 0.148. The smallest absolute Gasteiger partial charge is 0.240 e. The summed E-state index contributed by atoms with van der Waals surface area (Å²) in [6.07, 6.45) is 2.77. The molecule has 0 aromatic heterocycles. The Morgan fingerprint density at radius 2 is 2.11 bits per heavy atom. The topological polar surface area (TPSA) is 72.2 Å². The van der Waals surface area contributed by atoms with E-state index in [-0.39, 0.29) is 4.90 Å². The number of rotatable bonds is 6. The molecule has 7 heteroatoms. The molecule has 0 bridgehead atoms. The average Bonchev–Trinajstić information content (AvgIpc) is 2.33. The normalized spacial score (nSPS) is 13.5. The van der Waals surface area contributed by atoms with Crippen LogP contribution in [0.25, 0.3) is 0 Å². The highest BCUT2D eigenvalue weighted by atomic mass is 35.5. The maximum absolute atomic E-state index is 12.2. The molecule has 0 saturated heterocycles. The van der Waals surface area contributed by atoms with Crippen molar-refractivity contribution in [3.05, 3.63) is 22.7 Å². The summed E-state index contributed by atoms with van der Waals surface area (Å²) in [5.74, 6) is 0. The summed E-state index contributed by atoms with van der Waals surface area (Å²) in [6, 6.07) is 2.97. The van der Waals surface area contributed by atoms with Crippen LogP contribution in [-0.4, -0.2) is 26.5 Å². The van der Waals surface area contributed by atoms with Crippen molar-refractivity contribution in [1.82, 2.24) is 4.72 Å². The highest BCUT2D eigenvalue weighted by molar-refractivity contribution is 7.99. The molecule has 1 atom stereocenters. The molecule has 0 aliphatic heterocycles. The molecule has 1 aromatic carbocycles. The zero-order valence-electron chi connectivity index (χ0n) is 11.2. The molecule has 1 aromatic rings. The molecular weight excluding hydrogens is 304 g/mol. The Morgan fingerprint density at radius 1 is 1.47 bits per heavy atom. The van der Waals surface area contributed by atoms with E-state index in [1.165, 1.54) is 6.07 Å². The van der Waals surface area contributed by atoms with E-state index < -0.39 is 10.0 Å². The zero-order chi connectivity index (χ0) is 14.6. The molecule has 3 N–H and O–H groups in total. The van der Waals surface area contributed by atoms with Crippen LogP contribution < -0.4 is 10.5 Å². The second-order valence-electron chi connectivity index (χ2n) is 4.35. The van der Waals surface area contributed by atoms with E-state index in [1.807, 2.05) is 6.26 Å². The van der Waals surface area contributed by atoms with E-state index in [0.29, 0.717) is 28.1 Å². The number of thioether (sulfide) groups is 1. The van der Waals surface area contributed by atoms with Gasteiger partial charge in [0.1, 0.15) is 0 Å². The van der Waals surface area contributed by atoms with Gasteiger partial charge in [-0.25, -0.2) is 13.1 Å². The van der Waals surface area contributed by atoms with E-state index in [0.717, 1.165) is 6.42 Å². The number of anilines is 1. The Bertz CT molecular complexity index is 547. The molecule has 0 spiro atoms. The van der Waals surface area contributed by atoms with Crippen LogP contribution in [0.15, 0.2) is 17.0 Å². The van der Waals surface area contributed by atoms with Gasteiger partial charge in [0.2, 0.25) is 10.0 Å². The quantitative estimate of drug-likeness (QED) is 0.790. The Kier molecular flexibility index (Phi) is 5.98. The first kappa shape index (κ1) is 16.6. The summed E-state index contributed by atoms with van der Waals surface area (Å²) in [5.41, 5.74) is 6.64. The van der Waals surface area contributed by atoms with Crippen LogP contribution >= 0.6 is 23.4 Å². The largest absolute Gasteiger partial charge is 0.398 e. The molecule has 0 heterocycles. The van der Waals surface area contributed by atoms with Gasteiger partial charge in [0, 0.05) is 22.5 Å². The number of nitrogen functional groups attached to an aromatic ring is 1. The first-order chi connectivity index (χ1) is 8.77. The number of nitrogens with one attached hydrogen (secondary N) is 1. The SMILES string of the molecule is CSC(C)CCNS(=O)(=O)c1cc(Cl)cc(N)c1C. The van der Waals surface area contributed by atoms with E-state index in [1.54, 1.807) is 24.8 Å². The van der Waals surface area contributed by atoms with Gasteiger partial charge in [0.25, 0.3) is 0 Å². The monoisotopic (exact) mass is 322 g/mol. The first-order valence-corrected chi connectivity index (χ1v) is 9.01. The number of benzene rings is 1. The van der Waals surface area contributed by atoms with Crippen LogP contribution in [-0.2, 0) is 10.0 Å². The van der Waals surface area contributed by atoms with Crippen molar-refractivity contribution in [2.75, 3.05) is 18.5 Å². The lowest BCUT2D eigenvalue weighted by molar-refractivity contribution is 0.578. The lowest BCUT2D eigenvalue weighted by Gasteiger charge is -2.13. The van der Waals surface area contributed by atoms with Crippen molar-refractivity contribution in [2.45, 2.75) is 30.4 Å². The fraction of sp³-hybridized carbons (Fsp3) is 0.500. The fourth-order valence-corrected chi connectivity index (χ4v) is 3.54. The lowest BCUT2D eigenvalue weighted by Crippen LogP contribution is -2.27. The van der Waals surface area contributed by atoms with Crippen LogP contribution in [0.2, 0.25) is 5.02 Å². The summed E-state index contributed by atoms with van der Waals surface area (Å²) >= 11 is 7.56. The van der Waals surface area contributed by atoms with Crippen LogP contribution in [0, 0.1) is 6.92 Å². The maximum atomic E-state index is 12.2. The predicted octanol–water partition coefficient (Wildman–Crippen LogP) is 2.65. The van der Waals surface area contributed by atoms with Crippen molar-refractivity contribution >= 4 is 39.1 Å². The second-order valence-corrected chi connectivity index (χ2v) is 7.80.